The molecule has 3 unspecified atom stereocenters. The van der Waals surface area contributed by atoms with Crippen LogP contribution in [0.2, 0.25) is 0 Å². The second kappa shape index (κ2) is 10.5. The lowest BCUT2D eigenvalue weighted by Gasteiger charge is -2.31. The zero-order chi connectivity index (χ0) is 27.1. The smallest absolute Gasteiger partial charge is 0.305 e. The Morgan fingerprint density at radius 2 is 1.69 bits per heavy atom. The number of halogens is 1. The van der Waals surface area contributed by atoms with Crippen LogP contribution in [-0.4, -0.2) is 34.6 Å². The van der Waals surface area contributed by atoms with Gasteiger partial charge in [-0.05, 0) is 42.5 Å². The maximum Gasteiger partial charge on any atom is 0.305 e. The van der Waals surface area contributed by atoms with E-state index in [2.05, 4.69) is 26.2 Å². The molecule has 196 valence electrons. The third-order valence-electron chi connectivity index (χ3n) is 6.56. The van der Waals surface area contributed by atoms with Gasteiger partial charge in [-0.1, -0.05) is 75.4 Å². The van der Waals surface area contributed by atoms with Crippen LogP contribution in [-0.2, 0) is 14.4 Å². The molecule has 39 heavy (non-hydrogen) atoms. The van der Waals surface area contributed by atoms with Crippen molar-refractivity contribution in [3.63, 3.8) is 0 Å². The maximum atomic E-state index is 13.9. The standard InChI is InChI=1S/C28H20BrN3O5S2/c29-15-11-12-19(37-14-20(33)30-16-7-3-1-4-8-16)18(13-15)21-22-24(38-25-23(21)39-28(36)31-25)27(35)32(26(22)34)17-9-5-2-6-10-17/h1-13,21-22,24H,14H2,(H,30,33)(H,31,36). The van der Waals surface area contributed by atoms with Crippen LogP contribution in [0.4, 0.5) is 11.4 Å². The van der Waals surface area contributed by atoms with Gasteiger partial charge in [0.15, 0.2) is 6.61 Å². The highest BCUT2D eigenvalue weighted by molar-refractivity contribution is 9.10. The Morgan fingerprint density at radius 1 is 0.974 bits per heavy atom. The summed E-state index contributed by atoms with van der Waals surface area (Å²) in [7, 11) is 0. The van der Waals surface area contributed by atoms with Crippen molar-refractivity contribution in [1.29, 1.82) is 0 Å². The Balaban J connectivity index is 1.38. The molecule has 2 N–H and O–H groups in total. The molecule has 1 saturated heterocycles. The molecule has 1 fully saturated rings. The number of carbonyl (C=O) groups excluding carboxylic acids is 3. The zero-order valence-corrected chi connectivity index (χ0v) is 23.3. The average molecular weight is 623 g/mol. The molecule has 3 aromatic carbocycles. The van der Waals surface area contributed by atoms with Crippen LogP contribution < -0.4 is 19.8 Å². The lowest BCUT2D eigenvalue weighted by Crippen LogP contribution is -2.32. The Bertz CT molecular complexity index is 1640. The molecule has 0 radical (unpaired) electrons. The van der Waals surface area contributed by atoms with Crippen LogP contribution in [0.25, 0.3) is 0 Å². The van der Waals surface area contributed by atoms with Crippen molar-refractivity contribution in [2.45, 2.75) is 16.2 Å². The van der Waals surface area contributed by atoms with Crippen LogP contribution in [0.15, 0.2) is 93.2 Å². The van der Waals surface area contributed by atoms with Gasteiger partial charge >= 0.3 is 4.87 Å². The van der Waals surface area contributed by atoms with Gasteiger partial charge in [-0.25, -0.2) is 4.90 Å². The van der Waals surface area contributed by atoms with Crippen molar-refractivity contribution in [2.75, 3.05) is 16.8 Å². The summed E-state index contributed by atoms with van der Waals surface area (Å²) >= 11 is 5.74. The lowest BCUT2D eigenvalue weighted by atomic mass is 9.82. The minimum absolute atomic E-state index is 0.266. The van der Waals surface area contributed by atoms with Crippen LogP contribution in [0.1, 0.15) is 16.4 Å². The fourth-order valence-electron chi connectivity index (χ4n) is 4.94. The number of para-hydroxylation sites is 2. The van der Waals surface area contributed by atoms with Crippen molar-refractivity contribution >= 4 is 68.1 Å². The van der Waals surface area contributed by atoms with E-state index in [1.807, 2.05) is 30.3 Å². The molecule has 3 amide bonds. The third kappa shape index (κ3) is 4.81. The van der Waals surface area contributed by atoms with Gasteiger partial charge in [0.2, 0.25) is 11.8 Å². The largest absolute Gasteiger partial charge is 0.483 e. The highest BCUT2D eigenvalue weighted by Gasteiger charge is 2.56. The number of nitrogens with zero attached hydrogens (tertiary/aromatic N) is 1. The number of hydrogen-bond acceptors (Lipinski definition) is 7. The maximum absolute atomic E-state index is 13.9. The third-order valence-corrected chi connectivity index (χ3v) is 9.46. The number of amides is 3. The summed E-state index contributed by atoms with van der Waals surface area (Å²) in [5, 5.41) is 2.63. The van der Waals surface area contributed by atoms with Crippen molar-refractivity contribution < 1.29 is 19.1 Å². The van der Waals surface area contributed by atoms with E-state index in [4.69, 9.17) is 4.74 Å². The van der Waals surface area contributed by atoms with Gasteiger partial charge < -0.3 is 15.0 Å². The number of ether oxygens (including phenoxy) is 1. The SMILES string of the molecule is O=C(COc1ccc(Br)cc1C1c2sc(=O)[nH]c2SC2C(=O)N(c3ccccc3)C(=O)C21)Nc1ccccc1. The van der Waals surface area contributed by atoms with Crippen LogP contribution >= 0.6 is 39.0 Å². The van der Waals surface area contributed by atoms with Crippen LogP contribution in [0.3, 0.4) is 0 Å². The first-order valence-electron chi connectivity index (χ1n) is 12.0. The zero-order valence-electron chi connectivity index (χ0n) is 20.1. The fourth-order valence-corrected chi connectivity index (χ4v) is 7.82. The number of imide groups is 1. The Kier molecular flexibility index (Phi) is 6.88. The van der Waals surface area contributed by atoms with Gasteiger partial charge in [0.1, 0.15) is 11.0 Å². The molecule has 0 saturated carbocycles. The van der Waals surface area contributed by atoms with E-state index in [-0.39, 0.29) is 29.2 Å². The highest BCUT2D eigenvalue weighted by atomic mass is 79.9. The van der Waals surface area contributed by atoms with Crippen molar-refractivity contribution in [1.82, 2.24) is 4.98 Å². The number of aromatic nitrogens is 1. The summed E-state index contributed by atoms with van der Waals surface area (Å²) in [6, 6.07) is 23.2. The van der Waals surface area contributed by atoms with Crippen LogP contribution in [0.5, 0.6) is 5.75 Å². The predicted octanol–water partition coefficient (Wildman–Crippen LogP) is 5.01. The molecular formula is C28H20BrN3O5S2. The first kappa shape index (κ1) is 25.6. The number of aromatic amines is 1. The van der Waals surface area contributed by atoms with Gasteiger partial charge in [-0.2, -0.15) is 0 Å². The molecule has 1 aromatic heterocycles. The summed E-state index contributed by atoms with van der Waals surface area (Å²) in [6.45, 7) is -0.266. The van der Waals surface area contributed by atoms with Crippen molar-refractivity contribution in [2.24, 2.45) is 5.92 Å². The number of benzene rings is 3. The molecular weight excluding hydrogens is 602 g/mol. The number of hydrogen-bond donors (Lipinski definition) is 2. The first-order valence-corrected chi connectivity index (χ1v) is 14.5. The van der Waals surface area contributed by atoms with Gasteiger partial charge in [0.25, 0.3) is 5.91 Å². The molecule has 2 aliphatic rings. The predicted molar refractivity (Wildman–Crippen MR) is 154 cm³/mol. The molecule has 11 heteroatoms. The lowest BCUT2D eigenvalue weighted by molar-refractivity contribution is -0.122. The molecule has 2 aliphatic heterocycles. The Hall–Kier alpha value is -3.67. The van der Waals surface area contributed by atoms with Crippen molar-refractivity contribution in [3.05, 3.63) is 103 Å². The number of H-pyrrole nitrogens is 1. The monoisotopic (exact) mass is 621 g/mol. The summed E-state index contributed by atoms with van der Waals surface area (Å²) in [5.74, 6) is -2.03. The number of fused-ring (bicyclic) bond motifs is 2. The molecule has 8 nitrogen and oxygen atoms in total. The van der Waals surface area contributed by atoms with E-state index in [1.165, 1.54) is 16.7 Å². The number of thiazole rings is 1. The quantitative estimate of drug-likeness (QED) is 0.293. The molecule has 0 spiro atoms. The molecule has 0 aliphatic carbocycles. The Morgan fingerprint density at radius 3 is 2.44 bits per heavy atom. The molecule has 6 rings (SSSR count). The first-order chi connectivity index (χ1) is 18.9. The minimum Gasteiger partial charge on any atom is -0.483 e. The van der Waals surface area contributed by atoms with E-state index >= 15 is 0 Å². The number of anilines is 2. The number of thioether (sulfide) groups is 1. The van der Waals surface area contributed by atoms with E-state index in [1.54, 1.807) is 48.5 Å². The number of carbonyl (C=O) groups is 3. The number of nitrogens with one attached hydrogen (secondary N) is 2. The topological polar surface area (TPSA) is 109 Å². The molecule has 3 heterocycles. The molecule has 3 atom stereocenters. The highest BCUT2D eigenvalue weighted by Crippen LogP contribution is 2.54. The van der Waals surface area contributed by atoms with Gasteiger partial charge in [0, 0.05) is 26.5 Å². The fraction of sp³-hybridized carbons (Fsp3) is 0.143. The summed E-state index contributed by atoms with van der Waals surface area (Å²) < 4.78 is 6.72. The van der Waals surface area contributed by atoms with Gasteiger partial charge in [-0.3, -0.25) is 19.2 Å². The minimum atomic E-state index is -0.767. The van der Waals surface area contributed by atoms with Crippen LogP contribution in [0, 0.1) is 5.92 Å². The molecule has 0 bridgehead atoms. The summed E-state index contributed by atoms with van der Waals surface area (Å²) in [6.07, 6.45) is 0. The van der Waals surface area contributed by atoms with E-state index in [0.29, 0.717) is 32.6 Å². The normalized spacial score (nSPS) is 19.9. The van der Waals surface area contributed by atoms with Crippen molar-refractivity contribution in [3.8, 4) is 5.75 Å². The Labute approximate surface area is 239 Å². The van der Waals surface area contributed by atoms with E-state index < -0.39 is 17.1 Å². The number of rotatable bonds is 6. The van der Waals surface area contributed by atoms with E-state index in [9.17, 15) is 19.2 Å². The average Bonchev–Trinajstić information content (AvgIpc) is 3.43. The van der Waals surface area contributed by atoms with E-state index in [0.717, 1.165) is 15.8 Å². The van der Waals surface area contributed by atoms with Gasteiger partial charge in [-0.15, -0.1) is 0 Å². The second-order valence-electron chi connectivity index (χ2n) is 8.98. The second-order valence-corrected chi connectivity index (χ2v) is 12.1. The summed E-state index contributed by atoms with van der Waals surface area (Å²) in [4.78, 5) is 57.0. The summed E-state index contributed by atoms with van der Waals surface area (Å²) in [5.41, 5.74) is 1.76. The molecule has 4 aromatic rings. The van der Waals surface area contributed by atoms with Gasteiger partial charge in [0.05, 0.1) is 16.6 Å².